The molecule has 15 heteroatoms. The van der Waals surface area contributed by atoms with Gasteiger partial charge in [0, 0.05) is 25.8 Å². The highest BCUT2D eigenvalue weighted by molar-refractivity contribution is 6.01. The normalized spacial score (nSPS) is 12.9. The van der Waals surface area contributed by atoms with E-state index in [-0.39, 0.29) is 38.4 Å². The SMILES string of the molecule is CCCCCCCCCCCCCCCC(=O)NCCOCCOCCOCCOCCOCCOCCOCCOCCC(=O)ON1C(=O)CCC1=O. The summed E-state index contributed by atoms with van der Waals surface area (Å²) in [6.45, 7) is 9.47. The van der Waals surface area contributed by atoms with Gasteiger partial charge < -0.3 is 48.0 Å². The molecule has 1 rings (SSSR count). The maximum Gasteiger partial charge on any atom is 0.335 e. The second-order valence-corrected chi connectivity index (χ2v) is 13.0. The summed E-state index contributed by atoms with van der Waals surface area (Å²) < 4.78 is 43.6. The summed E-state index contributed by atoms with van der Waals surface area (Å²) in [6.07, 6.45) is 17.6. The molecule has 1 heterocycles. The fourth-order valence-corrected chi connectivity index (χ4v) is 5.26. The Hall–Kier alpha value is -2.24. The van der Waals surface area contributed by atoms with Crippen molar-refractivity contribution in [1.29, 1.82) is 0 Å². The van der Waals surface area contributed by atoms with Crippen molar-refractivity contribution < 1.29 is 61.9 Å². The standard InChI is InChI=1S/C39H72N2O13/c1-2-3-4-5-6-7-8-9-10-11-12-13-14-15-36(42)40-19-21-47-23-25-49-27-29-51-31-33-53-35-34-52-32-30-50-28-26-48-24-22-46-20-18-39(45)54-41-37(43)16-17-38(41)44/h2-35H2,1H3,(H,40,42). The van der Waals surface area contributed by atoms with Crippen LogP contribution in [0.5, 0.6) is 0 Å². The van der Waals surface area contributed by atoms with Crippen LogP contribution >= 0.6 is 0 Å². The molecule has 1 aliphatic heterocycles. The molecule has 0 atom stereocenters. The van der Waals surface area contributed by atoms with Gasteiger partial charge in [-0.1, -0.05) is 84.0 Å². The molecule has 0 aromatic rings. The van der Waals surface area contributed by atoms with Crippen LogP contribution in [0.2, 0.25) is 0 Å². The summed E-state index contributed by atoms with van der Waals surface area (Å²) in [5, 5.41) is 3.45. The van der Waals surface area contributed by atoms with E-state index in [1.807, 2.05) is 0 Å². The van der Waals surface area contributed by atoms with Crippen molar-refractivity contribution in [3.63, 3.8) is 0 Å². The zero-order valence-corrected chi connectivity index (χ0v) is 33.3. The minimum absolute atomic E-state index is 0.0598. The van der Waals surface area contributed by atoms with Gasteiger partial charge in [0.25, 0.3) is 11.8 Å². The van der Waals surface area contributed by atoms with Crippen LogP contribution in [0, 0.1) is 0 Å². The number of amides is 3. The van der Waals surface area contributed by atoms with Crippen LogP contribution in [0.15, 0.2) is 0 Å². The van der Waals surface area contributed by atoms with Gasteiger partial charge >= 0.3 is 5.97 Å². The van der Waals surface area contributed by atoms with Crippen LogP contribution in [-0.4, -0.2) is 141 Å². The Bertz CT molecular complexity index is 896. The van der Waals surface area contributed by atoms with Crippen molar-refractivity contribution in [2.45, 2.75) is 116 Å². The van der Waals surface area contributed by atoms with E-state index in [1.165, 1.54) is 70.6 Å². The number of nitrogens with zero attached hydrogens (tertiary/aromatic N) is 1. The third-order valence-corrected chi connectivity index (χ3v) is 8.33. The number of rotatable bonds is 42. The number of carbonyl (C=O) groups excluding carboxylic acids is 4. The van der Waals surface area contributed by atoms with Crippen molar-refractivity contribution in [3.8, 4) is 0 Å². The van der Waals surface area contributed by atoms with E-state index in [9.17, 15) is 19.2 Å². The molecular weight excluding hydrogens is 704 g/mol. The molecule has 316 valence electrons. The van der Waals surface area contributed by atoms with Crippen LogP contribution in [-0.2, 0) is 61.9 Å². The second kappa shape index (κ2) is 39.0. The Morgan fingerprint density at radius 3 is 1.19 bits per heavy atom. The van der Waals surface area contributed by atoms with Gasteiger partial charge in [-0.3, -0.25) is 14.4 Å². The molecule has 1 saturated heterocycles. The maximum absolute atomic E-state index is 12.0. The third-order valence-electron chi connectivity index (χ3n) is 8.33. The third kappa shape index (κ3) is 33.1. The van der Waals surface area contributed by atoms with E-state index >= 15 is 0 Å². The topological polar surface area (TPSA) is 167 Å². The largest absolute Gasteiger partial charge is 0.378 e. The number of hydroxylamine groups is 2. The Balaban J connectivity index is 1.66. The Morgan fingerprint density at radius 1 is 0.463 bits per heavy atom. The van der Waals surface area contributed by atoms with E-state index in [2.05, 4.69) is 12.2 Å². The lowest BCUT2D eigenvalue weighted by Gasteiger charge is -2.12. The second-order valence-electron chi connectivity index (χ2n) is 13.0. The lowest BCUT2D eigenvalue weighted by molar-refractivity contribution is -0.198. The summed E-state index contributed by atoms with van der Waals surface area (Å²) in [5.41, 5.74) is 0. The van der Waals surface area contributed by atoms with Gasteiger partial charge in [-0.25, -0.2) is 4.79 Å². The van der Waals surface area contributed by atoms with Crippen molar-refractivity contribution in [3.05, 3.63) is 0 Å². The molecule has 0 spiro atoms. The maximum atomic E-state index is 12.0. The van der Waals surface area contributed by atoms with Crippen molar-refractivity contribution in [2.24, 2.45) is 0 Å². The number of imide groups is 1. The Morgan fingerprint density at radius 2 is 0.796 bits per heavy atom. The molecule has 0 unspecified atom stereocenters. The van der Waals surface area contributed by atoms with Crippen molar-refractivity contribution >= 4 is 23.7 Å². The number of nitrogens with one attached hydrogen (secondary N) is 1. The molecule has 1 N–H and O–H groups in total. The number of unbranched alkanes of at least 4 members (excludes halogenated alkanes) is 12. The molecule has 0 aromatic carbocycles. The highest BCUT2D eigenvalue weighted by atomic mass is 16.7. The lowest BCUT2D eigenvalue weighted by Crippen LogP contribution is -2.32. The molecule has 0 radical (unpaired) electrons. The molecule has 0 aliphatic carbocycles. The molecule has 54 heavy (non-hydrogen) atoms. The summed E-state index contributed by atoms with van der Waals surface area (Å²) in [6, 6.07) is 0. The number of ether oxygens (including phenoxy) is 8. The smallest absolute Gasteiger partial charge is 0.335 e. The zero-order chi connectivity index (χ0) is 39.0. The molecule has 0 aromatic heterocycles. The van der Waals surface area contributed by atoms with Gasteiger partial charge in [-0.05, 0) is 6.42 Å². The van der Waals surface area contributed by atoms with Crippen LogP contribution in [0.25, 0.3) is 0 Å². The van der Waals surface area contributed by atoms with Crippen molar-refractivity contribution in [1.82, 2.24) is 10.4 Å². The predicted octanol–water partition coefficient (Wildman–Crippen LogP) is 4.71. The molecular formula is C39H72N2O13. The van der Waals surface area contributed by atoms with Crippen LogP contribution in [0.3, 0.4) is 0 Å². The van der Waals surface area contributed by atoms with Gasteiger partial charge in [0.2, 0.25) is 5.91 Å². The Labute approximate surface area is 324 Å². The van der Waals surface area contributed by atoms with Gasteiger partial charge in [0.05, 0.1) is 112 Å². The van der Waals surface area contributed by atoms with Gasteiger partial charge in [-0.15, -0.1) is 5.06 Å². The minimum atomic E-state index is -0.698. The average Bonchev–Trinajstić information content (AvgIpc) is 3.48. The Kier molecular flexibility index (Phi) is 36.0. The zero-order valence-electron chi connectivity index (χ0n) is 33.3. The van der Waals surface area contributed by atoms with Crippen LogP contribution < -0.4 is 5.32 Å². The van der Waals surface area contributed by atoms with Crippen LogP contribution in [0.1, 0.15) is 116 Å². The van der Waals surface area contributed by atoms with E-state index in [0.717, 1.165) is 12.8 Å². The monoisotopic (exact) mass is 777 g/mol. The lowest BCUT2D eigenvalue weighted by atomic mass is 10.0. The predicted molar refractivity (Wildman–Crippen MR) is 202 cm³/mol. The quantitative estimate of drug-likeness (QED) is 0.0670. The fourth-order valence-electron chi connectivity index (χ4n) is 5.26. The van der Waals surface area contributed by atoms with E-state index in [1.54, 1.807) is 0 Å². The highest BCUT2D eigenvalue weighted by Gasteiger charge is 2.32. The molecule has 15 nitrogen and oxygen atoms in total. The van der Waals surface area contributed by atoms with Crippen LogP contribution in [0.4, 0.5) is 0 Å². The van der Waals surface area contributed by atoms with E-state index in [0.29, 0.717) is 111 Å². The first-order valence-corrected chi connectivity index (χ1v) is 20.5. The summed E-state index contributed by atoms with van der Waals surface area (Å²) in [5.74, 6) is -1.61. The van der Waals surface area contributed by atoms with Gasteiger partial charge in [-0.2, -0.15) is 0 Å². The molecule has 0 bridgehead atoms. The van der Waals surface area contributed by atoms with E-state index in [4.69, 9.17) is 42.7 Å². The number of hydrogen-bond acceptors (Lipinski definition) is 13. The number of hydrogen-bond donors (Lipinski definition) is 1. The summed E-state index contributed by atoms with van der Waals surface area (Å²) in [7, 11) is 0. The highest BCUT2D eigenvalue weighted by Crippen LogP contribution is 2.14. The first-order chi connectivity index (χ1) is 26.5. The first-order valence-electron chi connectivity index (χ1n) is 20.5. The van der Waals surface area contributed by atoms with Gasteiger partial charge in [0.1, 0.15) is 0 Å². The summed E-state index contributed by atoms with van der Waals surface area (Å²) >= 11 is 0. The average molecular weight is 777 g/mol. The molecule has 1 aliphatic rings. The molecule has 0 saturated carbocycles. The fraction of sp³-hybridized carbons (Fsp3) is 0.897. The minimum Gasteiger partial charge on any atom is -0.378 e. The first kappa shape index (κ1) is 49.8. The van der Waals surface area contributed by atoms with Gasteiger partial charge in [0.15, 0.2) is 0 Å². The molecule has 1 fully saturated rings. The van der Waals surface area contributed by atoms with E-state index < -0.39 is 17.8 Å². The summed E-state index contributed by atoms with van der Waals surface area (Å²) in [4.78, 5) is 51.2. The van der Waals surface area contributed by atoms with Crippen molar-refractivity contribution in [2.75, 3.05) is 112 Å². The molecule has 3 amide bonds. The number of carbonyl (C=O) groups is 4.